The van der Waals surface area contributed by atoms with Gasteiger partial charge in [-0.3, -0.25) is 0 Å². The van der Waals surface area contributed by atoms with Crippen molar-refractivity contribution in [3.8, 4) is 0 Å². The maximum absolute atomic E-state index is 5.75. The van der Waals surface area contributed by atoms with Crippen LogP contribution < -0.4 is 5.73 Å². The molecule has 0 saturated heterocycles. The molecule has 0 amide bonds. The van der Waals surface area contributed by atoms with Crippen LogP contribution in [0.1, 0.15) is 31.2 Å². The molecule has 0 spiro atoms. The molecule has 2 nitrogen and oxygen atoms in total. The monoisotopic (exact) mass is 296 g/mol. The molecule has 17 heavy (non-hydrogen) atoms. The van der Waals surface area contributed by atoms with Gasteiger partial charge in [-0.05, 0) is 43.5 Å². The van der Waals surface area contributed by atoms with Gasteiger partial charge in [-0.2, -0.15) is 0 Å². The summed E-state index contributed by atoms with van der Waals surface area (Å²) in [6.45, 7) is 2.22. The molecule has 0 heterocycles. The average molecular weight is 297 g/mol. The second-order valence-corrected chi connectivity index (χ2v) is 6.05. The zero-order valence-corrected chi connectivity index (χ0v) is 12.0. The topological polar surface area (TPSA) is 29.3 Å². The van der Waals surface area contributed by atoms with Crippen molar-refractivity contribution in [2.45, 2.75) is 32.2 Å². The third kappa shape index (κ3) is 3.71. The van der Waals surface area contributed by atoms with Crippen molar-refractivity contribution >= 4 is 21.6 Å². The van der Waals surface area contributed by atoms with E-state index in [-0.39, 0.29) is 0 Å². The first kappa shape index (κ1) is 12.9. The predicted molar refractivity (Wildman–Crippen MR) is 76.8 cm³/mol. The minimum Gasteiger partial charge on any atom is -0.399 e. The van der Waals surface area contributed by atoms with E-state index in [1.807, 2.05) is 12.1 Å². The molecular weight excluding hydrogens is 276 g/mol. The number of nitrogens with zero attached hydrogens (tertiary/aromatic N) is 1. The summed E-state index contributed by atoms with van der Waals surface area (Å²) in [5.74, 6) is 0.910. The van der Waals surface area contributed by atoms with Gasteiger partial charge in [0.2, 0.25) is 0 Å². The molecule has 1 aromatic rings. The first-order chi connectivity index (χ1) is 8.15. The Hall–Kier alpha value is -0.540. The normalized spacial score (nSPS) is 16.9. The summed E-state index contributed by atoms with van der Waals surface area (Å²) in [7, 11) is 2.21. The first-order valence-electron chi connectivity index (χ1n) is 6.37. The molecule has 0 unspecified atom stereocenters. The number of nitrogens with two attached hydrogens (primary N) is 1. The number of benzene rings is 1. The largest absolute Gasteiger partial charge is 0.399 e. The summed E-state index contributed by atoms with van der Waals surface area (Å²) in [6.07, 6.45) is 5.66. The highest BCUT2D eigenvalue weighted by molar-refractivity contribution is 9.10. The molecule has 1 fully saturated rings. The molecule has 1 saturated carbocycles. The van der Waals surface area contributed by atoms with Crippen molar-refractivity contribution in [1.82, 2.24) is 4.90 Å². The molecule has 2 N–H and O–H groups in total. The minimum absolute atomic E-state index is 0.819. The van der Waals surface area contributed by atoms with Crippen molar-refractivity contribution in [1.29, 1.82) is 0 Å². The smallest absolute Gasteiger partial charge is 0.0325 e. The van der Waals surface area contributed by atoms with Crippen LogP contribution in [0.2, 0.25) is 0 Å². The average Bonchev–Trinajstić information content (AvgIpc) is 2.75. The van der Waals surface area contributed by atoms with Crippen LogP contribution in [0.4, 0.5) is 5.69 Å². The van der Waals surface area contributed by atoms with Crippen molar-refractivity contribution in [3.05, 3.63) is 28.2 Å². The Labute approximate surface area is 112 Å². The van der Waals surface area contributed by atoms with Crippen LogP contribution in [0.5, 0.6) is 0 Å². The molecule has 1 aliphatic rings. The Morgan fingerprint density at radius 3 is 2.71 bits per heavy atom. The lowest BCUT2D eigenvalue weighted by molar-refractivity contribution is 0.271. The summed E-state index contributed by atoms with van der Waals surface area (Å²) in [4.78, 5) is 2.42. The van der Waals surface area contributed by atoms with E-state index in [0.717, 1.165) is 22.6 Å². The van der Waals surface area contributed by atoms with E-state index < -0.39 is 0 Å². The van der Waals surface area contributed by atoms with Crippen LogP contribution >= 0.6 is 15.9 Å². The lowest BCUT2D eigenvalue weighted by Gasteiger charge is -2.21. The van der Waals surface area contributed by atoms with E-state index >= 15 is 0 Å². The summed E-state index contributed by atoms with van der Waals surface area (Å²) in [5.41, 5.74) is 7.88. The van der Waals surface area contributed by atoms with Crippen LogP contribution in [-0.4, -0.2) is 18.5 Å². The molecule has 0 bridgehead atoms. The fourth-order valence-corrected chi connectivity index (χ4v) is 3.20. The lowest BCUT2D eigenvalue weighted by Crippen LogP contribution is -2.24. The molecule has 1 aliphatic carbocycles. The summed E-state index contributed by atoms with van der Waals surface area (Å²) >= 11 is 3.58. The Balaban J connectivity index is 1.90. The number of hydrogen-bond acceptors (Lipinski definition) is 2. The van der Waals surface area contributed by atoms with Crippen molar-refractivity contribution in [2.75, 3.05) is 19.3 Å². The molecule has 94 valence electrons. The van der Waals surface area contributed by atoms with E-state index in [2.05, 4.69) is 33.9 Å². The Morgan fingerprint density at radius 1 is 1.35 bits per heavy atom. The number of nitrogen functional groups attached to an aromatic ring is 1. The van der Waals surface area contributed by atoms with Crippen molar-refractivity contribution in [2.24, 2.45) is 5.92 Å². The maximum atomic E-state index is 5.75. The van der Waals surface area contributed by atoms with Gasteiger partial charge in [0, 0.05) is 23.2 Å². The maximum Gasteiger partial charge on any atom is 0.0325 e. The molecule has 0 atom stereocenters. The van der Waals surface area contributed by atoms with E-state index in [1.165, 1.54) is 37.8 Å². The van der Waals surface area contributed by atoms with Crippen LogP contribution in [-0.2, 0) is 6.54 Å². The predicted octanol–water partition coefficient (Wildman–Crippen LogP) is 3.65. The summed E-state index contributed by atoms with van der Waals surface area (Å²) in [5, 5.41) is 0. The molecule has 2 rings (SSSR count). The fraction of sp³-hybridized carbons (Fsp3) is 0.571. The fourth-order valence-electron chi connectivity index (χ4n) is 2.68. The van der Waals surface area contributed by atoms with Gasteiger partial charge >= 0.3 is 0 Å². The van der Waals surface area contributed by atoms with E-state index in [1.54, 1.807) is 0 Å². The van der Waals surface area contributed by atoms with Crippen LogP contribution in [0.15, 0.2) is 22.7 Å². The zero-order valence-electron chi connectivity index (χ0n) is 10.5. The molecule has 0 aromatic heterocycles. The highest BCUT2D eigenvalue weighted by Crippen LogP contribution is 2.26. The standard InChI is InChI=1S/C14H21BrN2/c1-17(9-11-4-2-3-5-11)10-12-6-7-13(16)8-14(12)15/h6-8,11H,2-5,9-10,16H2,1H3. The van der Waals surface area contributed by atoms with Gasteiger partial charge in [0.1, 0.15) is 0 Å². The highest BCUT2D eigenvalue weighted by Gasteiger charge is 2.17. The van der Waals surface area contributed by atoms with Gasteiger partial charge in [-0.25, -0.2) is 0 Å². The zero-order chi connectivity index (χ0) is 12.3. The van der Waals surface area contributed by atoms with Gasteiger partial charge in [-0.1, -0.05) is 34.8 Å². The van der Waals surface area contributed by atoms with Crippen molar-refractivity contribution < 1.29 is 0 Å². The minimum atomic E-state index is 0.819. The lowest BCUT2D eigenvalue weighted by atomic mass is 10.1. The number of hydrogen-bond donors (Lipinski definition) is 1. The van der Waals surface area contributed by atoms with Gasteiger partial charge in [0.15, 0.2) is 0 Å². The second kappa shape index (κ2) is 5.87. The molecular formula is C14H21BrN2. The van der Waals surface area contributed by atoms with E-state index in [0.29, 0.717) is 0 Å². The molecule has 1 aromatic carbocycles. The molecule has 3 heteroatoms. The van der Waals surface area contributed by atoms with Crippen molar-refractivity contribution in [3.63, 3.8) is 0 Å². The molecule has 0 radical (unpaired) electrons. The van der Waals surface area contributed by atoms with E-state index in [9.17, 15) is 0 Å². The van der Waals surface area contributed by atoms with Crippen LogP contribution in [0, 0.1) is 5.92 Å². The SMILES string of the molecule is CN(Cc1ccc(N)cc1Br)CC1CCCC1. The Bertz CT molecular complexity index is 372. The van der Waals surface area contributed by atoms with Gasteiger partial charge in [0.25, 0.3) is 0 Å². The van der Waals surface area contributed by atoms with E-state index in [4.69, 9.17) is 5.73 Å². The van der Waals surface area contributed by atoms with Gasteiger partial charge in [0.05, 0.1) is 0 Å². The number of rotatable bonds is 4. The van der Waals surface area contributed by atoms with Gasteiger partial charge < -0.3 is 10.6 Å². The molecule has 0 aliphatic heterocycles. The third-order valence-electron chi connectivity index (χ3n) is 3.56. The summed E-state index contributed by atoms with van der Waals surface area (Å²) < 4.78 is 1.12. The third-order valence-corrected chi connectivity index (χ3v) is 4.30. The van der Waals surface area contributed by atoms with Crippen LogP contribution in [0.3, 0.4) is 0 Å². The quantitative estimate of drug-likeness (QED) is 0.860. The summed E-state index contributed by atoms with van der Waals surface area (Å²) in [6, 6.07) is 6.08. The Morgan fingerprint density at radius 2 is 2.06 bits per heavy atom. The number of anilines is 1. The Kier molecular flexibility index (Phi) is 4.46. The second-order valence-electron chi connectivity index (χ2n) is 5.20. The van der Waals surface area contributed by atoms with Crippen LogP contribution in [0.25, 0.3) is 0 Å². The highest BCUT2D eigenvalue weighted by atomic mass is 79.9. The first-order valence-corrected chi connectivity index (χ1v) is 7.17. The number of halogens is 1. The van der Waals surface area contributed by atoms with Gasteiger partial charge in [-0.15, -0.1) is 0 Å².